The number of anilines is 1. The maximum absolute atomic E-state index is 11.9. The van der Waals surface area contributed by atoms with Crippen molar-refractivity contribution in [3.63, 3.8) is 0 Å². The number of amides is 2. The summed E-state index contributed by atoms with van der Waals surface area (Å²) in [7, 11) is 1.50. The summed E-state index contributed by atoms with van der Waals surface area (Å²) in [6, 6.07) is 5.35. The van der Waals surface area contributed by atoms with Gasteiger partial charge in [0.15, 0.2) is 5.17 Å². The predicted octanol–water partition coefficient (Wildman–Crippen LogP) is 2.12. The molecule has 1 N–H and O–H groups in total. The van der Waals surface area contributed by atoms with Crippen molar-refractivity contribution in [2.75, 3.05) is 17.8 Å². The van der Waals surface area contributed by atoms with E-state index in [2.05, 4.69) is 4.99 Å². The molecule has 7 heteroatoms. The summed E-state index contributed by atoms with van der Waals surface area (Å²) >= 11 is 1.10. The average Bonchev–Trinajstić information content (AvgIpc) is 2.69. The van der Waals surface area contributed by atoms with Crippen LogP contribution < -0.4 is 9.64 Å². The molecule has 100 valence electrons. The number of methoxy groups -OCH3 is 1. The van der Waals surface area contributed by atoms with Crippen molar-refractivity contribution >= 4 is 34.6 Å². The number of benzene rings is 1. The SMILES string of the molecule is COc1ccc(C)cc1N1C(=O)CS/C1=N\C(=O)O. The molecule has 1 fully saturated rings. The molecule has 0 aliphatic carbocycles. The summed E-state index contributed by atoms with van der Waals surface area (Å²) in [5, 5.41) is 8.89. The van der Waals surface area contributed by atoms with Crippen LogP contribution in [0.3, 0.4) is 0 Å². The molecule has 6 nitrogen and oxygen atoms in total. The lowest BCUT2D eigenvalue weighted by molar-refractivity contribution is -0.115. The summed E-state index contributed by atoms with van der Waals surface area (Å²) in [6.07, 6.45) is -1.33. The highest BCUT2D eigenvalue weighted by Crippen LogP contribution is 2.34. The Morgan fingerprint density at radius 1 is 1.53 bits per heavy atom. The molecule has 1 aliphatic heterocycles. The fourth-order valence-corrected chi connectivity index (χ4v) is 2.59. The van der Waals surface area contributed by atoms with Gasteiger partial charge in [-0.3, -0.25) is 9.69 Å². The van der Waals surface area contributed by atoms with Crippen molar-refractivity contribution in [1.82, 2.24) is 0 Å². The minimum Gasteiger partial charge on any atom is -0.495 e. The van der Waals surface area contributed by atoms with Gasteiger partial charge >= 0.3 is 6.09 Å². The molecule has 0 bridgehead atoms. The van der Waals surface area contributed by atoms with Crippen LogP contribution in [-0.2, 0) is 4.79 Å². The van der Waals surface area contributed by atoms with Crippen LogP contribution in [0.15, 0.2) is 23.2 Å². The number of carbonyl (C=O) groups is 2. The second-order valence-electron chi connectivity index (χ2n) is 3.87. The van der Waals surface area contributed by atoms with Crippen LogP contribution in [0.4, 0.5) is 10.5 Å². The van der Waals surface area contributed by atoms with Gasteiger partial charge in [-0.1, -0.05) is 17.8 Å². The lowest BCUT2D eigenvalue weighted by Crippen LogP contribution is -2.30. The molecule has 0 spiro atoms. The number of aryl methyl sites for hydroxylation is 1. The first kappa shape index (κ1) is 13.4. The van der Waals surface area contributed by atoms with E-state index in [0.717, 1.165) is 17.3 Å². The highest BCUT2D eigenvalue weighted by atomic mass is 32.2. The largest absolute Gasteiger partial charge is 0.495 e. The fraction of sp³-hybridized carbons (Fsp3) is 0.250. The van der Waals surface area contributed by atoms with Gasteiger partial charge in [0.1, 0.15) is 5.75 Å². The van der Waals surface area contributed by atoms with Gasteiger partial charge in [0.05, 0.1) is 18.6 Å². The lowest BCUT2D eigenvalue weighted by Gasteiger charge is -2.19. The van der Waals surface area contributed by atoms with Gasteiger partial charge in [0.25, 0.3) is 0 Å². The molecule has 2 amide bonds. The van der Waals surface area contributed by atoms with E-state index in [1.807, 2.05) is 13.0 Å². The molecule has 0 saturated carbocycles. The highest BCUT2D eigenvalue weighted by molar-refractivity contribution is 8.15. The molecule has 1 aliphatic rings. The Bertz CT molecular complexity index is 571. The van der Waals surface area contributed by atoms with Gasteiger partial charge in [-0.25, -0.2) is 4.79 Å². The van der Waals surface area contributed by atoms with E-state index in [-0.39, 0.29) is 16.8 Å². The number of nitrogens with zero attached hydrogens (tertiary/aromatic N) is 2. The first-order valence-electron chi connectivity index (χ1n) is 5.45. The number of rotatable bonds is 2. The van der Waals surface area contributed by atoms with Crippen LogP contribution in [0.1, 0.15) is 5.56 Å². The van der Waals surface area contributed by atoms with Crippen molar-refractivity contribution in [1.29, 1.82) is 0 Å². The molecule has 1 aromatic rings. The Morgan fingerprint density at radius 3 is 2.89 bits per heavy atom. The van der Waals surface area contributed by atoms with Crippen molar-refractivity contribution < 1.29 is 19.4 Å². The quantitative estimate of drug-likeness (QED) is 0.897. The molecule has 1 aromatic carbocycles. The molecule has 0 unspecified atom stereocenters. The van der Waals surface area contributed by atoms with Gasteiger partial charge in [-0.05, 0) is 24.6 Å². The fourth-order valence-electron chi connectivity index (χ4n) is 1.74. The Balaban J connectivity index is 2.51. The normalized spacial score (nSPS) is 17.1. The Labute approximate surface area is 114 Å². The minimum absolute atomic E-state index is 0.154. The number of carbonyl (C=O) groups excluding carboxylic acids is 1. The van der Waals surface area contributed by atoms with Gasteiger partial charge in [0.2, 0.25) is 5.91 Å². The molecule has 1 heterocycles. The van der Waals surface area contributed by atoms with Crippen LogP contribution in [0.5, 0.6) is 5.75 Å². The second kappa shape index (κ2) is 5.31. The van der Waals surface area contributed by atoms with Crippen molar-refractivity contribution in [2.45, 2.75) is 6.92 Å². The van der Waals surface area contributed by atoms with Crippen LogP contribution in [-0.4, -0.2) is 35.1 Å². The number of aliphatic imine (C=N–C) groups is 1. The molecular weight excluding hydrogens is 268 g/mol. The number of ether oxygens (including phenoxy) is 1. The number of amidine groups is 1. The monoisotopic (exact) mass is 280 g/mol. The smallest absolute Gasteiger partial charge is 0.433 e. The zero-order chi connectivity index (χ0) is 14.0. The first-order valence-corrected chi connectivity index (χ1v) is 6.43. The third-order valence-electron chi connectivity index (χ3n) is 2.53. The summed E-state index contributed by atoms with van der Waals surface area (Å²) in [6.45, 7) is 1.88. The number of hydrogen-bond acceptors (Lipinski definition) is 4. The van der Waals surface area contributed by atoms with E-state index in [0.29, 0.717) is 11.4 Å². The highest BCUT2D eigenvalue weighted by Gasteiger charge is 2.32. The predicted molar refractivity (Wildman–Crippen MR) is 73.1 cm³/mol. The Hall–Kier alpha value is -2.02. The first-order chi connectivity index (χ1) is 9.02. The molecule has 0 radical (unpaired) electrons. The van der Waals surface area contributed by atoms with Crippen molar-refractivity contribution in [2.24, 2.45) is 4.99 Å². The van der Waals surface area contributed by atoms with Crippen molar-refractivity contribution in [3.05, 3.63) is 23.8 Å². The van der Waals surface area contributed by atoms with Gasteiger partial charge in [-0.15, -0.1) is 0 Å². The van der Waals surface area contributed by atoms with Gasteiger partial charge in [0, 0.05) is 0 Å². The molecule has 2 rings (SSSR count). The third kappa shape index (κ3) is 2.70. The van der Waals surface area contributed by atoms with Gasteiger partial charge in [-0.2, -0.15) is 4.99 Å². The van der Waals surface area contributed by atoms with E-state index >= 15 is 0 Å². The summed E-state index contributed by atoms with van der Waals surface area (Å²) in [4.78, 5) is 27.3. The maximum atomic E-state index is 11.9. The minimum atomic E-state index is -1.33. The lowest BCUT2D eigenvalue weighted by atomic mass is 10.2. The maximum Gasteiger partial charge on any atom is 0.433 e. The van der Waals surface area contributed by atoms with E-state index in [4.69, 9.17) is 9.84 Å². The molecule has 19 heavy (non-hydrogen) atoms. The van der Waals surface area contributed by atoms with Crippen LogP contribution in [0.2, 0.25) is 0 Å². The standard InChI is InChI=1S/C12H12N2O4S/c1-7-3-4-9(18-2)8(5-7)14-10(15)6-19-11(14)13-12(16)17/h3-5H,6H2,1-2H3,(H,16,17)/b13-11-. The zero-order valence-corrected chi connectivity index (χ0v) is 11.2. The molecule has 0 atom stereocenters. The average molecular weight is 280 g/mol. The second-order valence-corrected chi connectivity index (χ2v) is 4.81. The van der Waals surface area contributed by atoms with Crippen molar-refractivity contribution in [3.8, 4) is 5.75 Å². The summed E-state index contributed by atoms with van der Waals surface area (Å²) in [5.74, 6) is 0.455. The number of carboxylic acid groups (broad SMARTS) is 1. The zero-order valence-electron chi connectivity index (χ0n) is 10.4. The third-order valence-corrected chi connectivity index (χ3v) is 3.46. The summed E-state index contributed by atoms with van der Waals surface area (Å²) in [5.41, 5.74) is 1.45. The summed E-state index contributed by atoms with van der Waals surface area (Å²) < 4.78 is 5.21. The molecule has 0 aromatic heterocycles. The Kier molecular flexibility index (Phi) is 3.75. The molecular formula is C12H12N2O4S. The van der Waals surface area contributed by atoms with E-state index < -0.39 is 6.09 Å². The van der Waals surface area contributed by atoms with E-state index in [1.54, 1.807) is 12.1 Å². The van der Waals surface area contributed by atoms with Crippen LogP contribution >= 0.6 is 11.8 Å². The van der Waals surface area contributed by atoms with Crippen LogP contribution in [0.25, 0.3) is 0 Å². The van der Waals surface area contributed by atoms with Gasteiger partial charge < -0.3 is 9.84 Å². The number of hydrogen-bond donors (Lipinski definition) is 1. The molecule has 1 saturated heterocycles. The van der Waals surface area contributed by atoms with Crippen LogP contribution in [0, 0.1) is 6.92 Å². The Morgan fingerprint density at radius 2 is 2.26 bits per heavy atom. The topological polar surface area (TPSA) is 79.2 Å². The number of thioether (sulfide) groups is 1. The van der Waals surface area contributed by atoms with E-state index in [1.165, 1.54) is 12.0 Å². The van der Waals surface area contributed by atoms with E-state index in [9.17, 15) is 9.59 Å².